The fourth-order valence-electron chi connectivity index (χ4n) is 5.07. The van der Waals surface area contributed by atoms with Gasteiger partial charge in [0.15, 0.2) is 5.54 Å². The summed E-state index contributed by atoms with van der Waals surface area (Å²) >= 11 is 0. The molecule has 0 unspecified atom stereocenters. The third-order valence-electron chi connectivity index (χ3n) is 7.07. The van der Waals surface area contributed by atoms with Crippen molar-refractivity contribution in [3.8, 4) is 6.07 Å². The highest BCUT2D eigenvalue weighted by atomic mass is 19.4. The van der Waals surface area contributed by atoms with Crippen LogP contribution in [-0.2, 0) is 27.1 Å². The zero-order valence-corrected chi connectivity index (χ0v) is 18.3. The van der Waals surface area contributed by atoms with Crippen LogP contribution in [0, 0.1) is 17.2 Å². The molecule has 0 radical (unpaired) electrons. The van der Waals surface area contributed by atoms with Gasteiger partial charge in [-0.05, 0) is 43.4 Å². The number of carbonyl (C=O) groups excluding carboxylic acids is 3. The molecule has 7 nitrogen and oxygen atoms in total. The molecule has 10 heteroatoms. The number of alkyl halides is 3. The van der Waals surface area contributed by atoms with Crippen LogP contribution < -0.4 is 0 Å². The molecule has 1 aromatic rings. The Hall–Kier alpha value is -3.09. The molecule has 33 heavy (non-hydrogen) atoms. The lowest BCUT2D eigenvalue weighted by atomic mass is 9.80. The minimum atomic E-state index is -4.46. The van der Waals surface area contributed by atoms with Gasteiger partial charge in [-0.1, -0.05) is 12.1 Å². The molecule has 0 bridgehead atoms. The Morgan fingerprint density at radius 2 is 1.73 bits per heavy atom. The second-order valence-corrected chi connectivity index (χ2v) is 9.15. The van der Waals surface area contributed by atoms with Gasteiger partial charge in [0.05, 0.1) is 24.7 Å². The third-order valence-corrected chi connectivity index (χ3v) is 7.07. The van der Waals surface area contributed by atoms with Crippen molar-refractivity contribution in [1.29, 1.82) is 5.26 Å². The molecule has 3 amide bonds. The van der Waals surface area contributed by atoms with Gasteiger partial charge in [0.2, 0.25) is 11.8 Å². The van der Waals surface area contributed by atoms with Crippen LogP contribution in [0.25, 0.3) is 0 Å². The van der Waals surface area contributed by atoms with E-state index in [2.05, 4.69) is 6.07 Å². The molecular formula is C23H25F3N4O3. The molecule has 1 spiro atoms. The van der Waals surface area contributed by atoms with Crippen molar-refractivity contribution < 1.29 is 27.6 Å². The van der Waals surface area contributed by atoms with E-state index >= 15 is 0 Å². The predicted molar refractivity (Wildman–Crippen MR) is 110 cm³/mol. The van der Waals surface area contributed by atoms with Gasteiger partial charge in [0, 0.05) is 25.4 Å². The quantitative estimate of drug-likeness (QED) is 0.691. The number of hydrogen-bond acceptors (Lipinski definition) is 4. The number of likely N-dealkylation sites (tertiary alicyclic amines) is 1. The molecule has 1 aromatic carbocycles. The van der Waals surface area contributed by atoms with E-state index in [0.717, 1.165) is 12.1 Å². The van der Waals surface area contributed by atoms with Crippen molar-refractivity contribution in [2.45, 2.75) is 56.9 Å². The number of amides is 3. The van der Waals surface area contributed by atoms with Crippen molar-refractivity contribution in [3.05, 3.63) is 35.4 Å². The summed E-state index contributed by atoms with van der Waals surface area (Å²) in [5, 5.41) is 9.14. The average molecular weight is 462 g/mol. The zero-order valence-electron chi connectivity index (χ0n) is 18.3. The van der Waals surface area contributed by atoms with Crippen LogP contribution in [0.5, 0.6) is 0 Å². The predicted octanol–water partition coefficient (Wildman–Crippen LogP) is 2.56. The smallest absolute Gasteiger partial charge is 0.337 e. The van der Waals surface area contributed by atoms with Crippen LogP contribution in [0.2, 0.25) is 0 Å². The second-order valence-electron chi connectivity index (χ2n) is 9.15. The molecule has 1 saturated carbocycles. The van der Waals surface area contributed by atoms with E-state index in [0.29, 0.717) is 31.2 Å². The molecule has 4 rings (SSSR count). The SMILES string of the molecule is CC(=O)N1CC2(C1)C(=O)N(C1CCC(C#N)CC1)CC(=O)N2Cc1ccc(C(F)(F)F)cc1. The summed E-state index contributed by atoms with van der Waals surface area (Å²) in [7, 11) is 0. The van der Waals surface area contributed by atoms with Crippen LogP contribution in [0.4, 0.5) is 13.2 Å². The molecule has 2 saturated heterocycles. The van der Waals surface area contributed by atoms with Gasteiger partial charge >= 0.3 is 6.18 Å². The number of benzene rings is 1. The summed E-state index contributed by atoms with van der Waals surface area (Å²) < 4.78 is 38.7. The van der Waals surface area contributed by atoms with E-state index in [1.54, 1.807) is 4.90 Å². The summed E-state index contributed by atoms with van der Waals surface area (Å²) in [5.74, 6) is -0.770. The highest BCUT2D eigenvalue weighted by molar-refractivity contribution is 6.00. The normalized spacial score (nSPS) is 25.1. The standard InChI is InChI=1S/C23H25F3N4O3/c1-15(31)28-13-22(14-28)21(33)29(19-8-4-16(10-27)5-9-19)12-20(32)30(22)11-17-2-6-18(7-3-17)23(24,25)26/h2-3,6-7,16,19H,4-5,8-9,11-14H2,1H3. The molecule has 0 aromatic heterocycles. The number of nitrogens with zero attached hydrogens (tertiary/aromatic N) is 4. The van der Waals surface area contributed by atoms with Gasteiger partial charge in [-0.15, -0.1) is 0 Å². The van der Waals surface area contributed by atoms with Crippen LogP contribution in [0.15, 0.2) is 24.3 Å². The number of halogens is 3. The Bertz CT molecular complexity index is 988. The van der Waals surface area contributed by atoms with E-state index in [-0.39, 0.29) is 55.9 Å². The monoisotopic (exact) mass is 462 g/mol. The number of rotatable bonds is 3. The van der Waals surface area contributed by atoms with Gasteiger partial charge in [0.25, 0.3) is 5.91 Å². The molecule has 2 aliphatic heterocycles. The molecular weight excluding hydrogens is 437 g/mol. The fraction of sp³-hybridized carbons (Fsp3) is 0.565. The molecule has 0 atom stereocenters. The maximum atomic E-state index is 13.7. The maximum absolute atomic E-state index is 13.7. The lowest BCUT2D eigenvalue weighted by Gasteiger charge is -2.59. The Morgan fingerprint density at radius 3 is 2.24 bits per heavy atom. The van der Waals surface area contributed by atoms with Gasteiger partial charge in [-0.3, -0.25) is 14.4 Å². The van der Waals surface area contributed by atoms with E-state index < -0.39 is 17.3 Å². The van der Waals surface area contributed by atoms with Crippen molar-refractivity contribution >= 4 is 17.7 Å². The van der Waals surface area contributed by atoms with Crippen LogP contribution >= 0.6 is 0 Å². The molecule has 3 aliphatic rings. The first-order valence-electron chi connectivity index (χ1n) is 11.0. The molecule has 3 fully saturated rings. The Balaban J connectivity index is 1.57. The molecule has 0 N–H and O–H groups in total. The summed E-state index contributed by atoms with van der Waals surface area (Å²) in [6.07, 6.45) is -1.84. The minimum absolute atomic E-state index is 0.0104. The van der Waals surface area contributed by atoms with Gasteiger partial charge in [-0.2, -0.15) is 18.4 Å². The van der Waals surface area contributed by atoms with Crippen molar-refractivity contribution in [1.82, 2.24) is 14.7 Å². The Kier molecular flexibility index (Phi) is 5.85. The highest BCUT2D eigenvalue weighted by Gasteiger charge is 2.61. The van der Waals surface area contributed by atoms with Crippen LogP contribution in [-0.4, -0.2) is 63.6 Å². The van der Waals surface area contributed by atoms with Gasteiger partial charge < -0.3 is 14.7 Å². The van der Waals surface area contributed by atoms with E-state index in [1.165, 1.54) is 28.9 Å². The summed E-state index contributed by atoms with van der Waals surface area (Å²) in [6, 6.07) is 6.66. The first-order valence-corrected chi connectivity index (χ1v) is 11.0. The first kappa shape index (κ1) is 23.1. The van der Waals surface area contributed by atoms with Gasteiger partial charge in [0.1, 0.15) is 6.54 Å². The number of carbonyl (C=O) groups is 3. The highest BCUT2D eigenvalue weighted by Crippen LogP contribution is 2.38. The minimum Gasteiger partial charge on any atom is -0.337 e. The van der Waals surface area contributed by atoms with E-state index in [9.17, 15) is 27.6 Å². The molecule has 176 valence electrons. The lowest BCUT2D eigenvalue weighted by molar-refractivity contribution is -0.185. The van der Waals surface area contributed by atoms with Crippen molar-refractivity contribution in [2.75, 3.05) is 19.6 Å². The number of hydrogen-bond donors (Lipinski definition) is 0. The zero-order chi connectivity index (χ0) is 24.0. The largest absolute Gasteiger partial charge is 0.416 e. The van der Waals surface area contributed by atoms with Crippen LogP contribution in [0.3, 0.4) is 0 Å². The molecule has 1 aliphatic carbocycles. The van der Waals surface area contributed by atoms with Crippen molar-refractivity contribution in [2.24, 2.45) is 5.92 Å². The summed E-state index contributed by atoms with van der Waals surface area (Å²) in [6.45, 7) is 1.41. The topological polar surface area (TPSA) is 84.7 Å². The second kappa shape index (κ2) is 8.36. The average Bonchev–Trinajstić information content (AvgIpc) is 2.74. The first-order chi connectivity index (χ1) is 15.5. The summed E-state index contributed by atoms with van der Waals surface area (Å²) in [5.41, 5.74) is -1.52. The van der Waals surface area contributed by atoms with E-state index in [4.69, 9.17) is 5.26 Å². The molecule has 2 heterocycles. The number of nitriles is 1. The van der Waals surface area contributed by atoms with Crippen LogP contribution in [0.1, 0.15) is 43.7 Å². The van der Waals surface area contributed by atoms with E-state index in [1.807, 2.05) is 0 Å². The Labute approximate surface area is 189 Å². The van der Waals surface area contributed by atoms with Crippen molar-refractivity contribution in [3.63, 3.8) is 0 Å². The third kappa shape index (κ3) is 4.16. The fourth-order valence-corrected chi connectivity index (χ4v) is 5.07. The van der Waals surface area contributed by atoms with Gasteiger partial charge in [-0.25, -0.2) is 0 Å². The maximum Gasteiger partial charge on any atom is 0.416 e. The number of piperazine rings is 1. The Morgan fingerprint density at radius 1 is 1.12 bits per heavy atom. The summed E-state index contributed by atoms with van der Waals surface area (Å²) in [4.78, 5) is 43.2. The lowest BCUT2D eigenvalue weighted by Crippen LogP contribution is -2.81.